The lowest BCUT2D eigenvalue weighted by Gasteiger charge is -2.34. The maximum absolute atomic E-state index is 12.4. The molecule has 2 aliphatic heterocycles. The molecule has 1 saturated heterocycles. The SMILES string of the molecule is NCCN1CCN(CC(=O)N[C@H]2Cc3cccc(C(=O)O)c3OB2O)C(=O)C1. The largest absolute Gasteiger partial charge is 0.547 e. The van der Waals surface area contributed by atoms with Gasteiger partial charge in [0, 0.05) is 26.2 Å². The van der Waals surface area contributed by atoms with Crippen LogP contribution < -0.4 is 15.7 Å². The molecule has 10 nitrogen and oxygen atoms in total. The van der Waals surface area contributed by atoms with Gasteiger partial charge in [-0.05, 0) is 18.1 Å². The number of piperazine rings is 1. The number of hydrogen-bond donors (Lipinski definition) is 4. The van der Waals surface area contributed by atoms with Crippen molar-refractivity contribution in [3.8, 4) is 5.75 Å². The van der Waals surface area contributed by atoms with Crippen LogP contribution in [-0.4, -0.2) is 90.0 Å². The molecular formula is C17H23BN4O6. The molecule has 150 valence electrons. The Hall–Kier alpha value is -2.63. The van der Waals surface area contributed by atoms with Gasteiger partial charge in [-0.2, -0.15) is 0 Å². The van der Waals surface area contributed by atoms with Crippen molar-refractivity contribution in [2.45, 2.75) is 12.4 Å². The predicted octanol–water partition coefficient (Wildman–Crippen LogP) is -2.07. The number of benzene rings is 1. The van der Waals surface area contributed by atoms with E-state index in [1.165, 1.54) is 11.0 Å². The number of nitrogens with two attached hydrogens (primary N) is 1. The van der Waals surface area contributed by atoms with Crippen LogP contribution in [0.1, 0.15) is 15.9 Å². The molecule has 2 aliphatic rings. The third-order valence-corrected chi connectivity index (χ3v) is 4.87. The molecule has 3 rings (SSSR count). The summed E-state index contributed by atoms with van der Waals surface area (Å²) in [6.07, 6.45) is 0.224. The summed E-state index contributed by atoms with van der Waals surface area (Å²) in [6.45, 7) is 2.30. The quantitative estimate of drug-likeness (QED) is 0.405. The smallest absolute Gasteiger partial charge is 0.534 e. The van der Waals surface area contributed by atoms with Crippen molar-refractivity contribution in [1.82, 2.24) is 15.1 Å². The summed E-state index contributed by atoms with van der Waals surface area (Å²) in [6, 6.07) is 4.66. The molecule has 0 spiro atoms. The summed E-state index contributed by atoms with van der Waals surface area (Å²) in [5.41, 5.74) is 6.04. The number of carboxylic acid groups (broad SMARTS) is 1. The van der Waals surface area contributed by atoms with Gasteiger partial charge in [-0.3, -0.25) is 14.5 Å². The molecule has 0 radical (unpaired) electrons. The first-order valence-corrected chi connectivity index (χ1v) is 9.08. The first kappa shape index (κ1) is 20.1. The van der Waals surface area contributed by atoms with Crippen LogP contribution in [0, 0.1) is 0 Å². The third kappa shape index (κ3) is 4.43. The van der Waals surface area contributed by atoms with Gasteiger partial charge >= 0.3 is 13.1 Å². The number of carbonyl (C=O) groups excluding carboxylic acids is 2. The lowest BCUT2D eigenvalue weighted by molar-refractivity contribution is -0.140. The summed E-state index contributed by atoms with van der Waals surface area (Å²) < 4.78 is 5.35. The molecule has 5 N–H and O–H groups in total. The number of nitrogens with one attached hydrogen (secondary N) is 1. The highest BCUT2D eigenvalue weighted by Crippen LogP contribution is 2.30. The molecule has 1 aromatic carbocycles. The number of fused-ring (bicyclic) bond motifs is 1. The second kappa shape index (κ2) is 8.59. The van der Waals surface area contributed by atoms with E-state index in [1.807, 2.05) is 4.90 Å². The minimum atomic E-state index is -1.38. The fourth-order valence-electron chi connectivity index (χ4n) is 3.44. The normalized spacial score (nSPS) is 19.8. The van der Waals surface area contributed by atoms with Crippen molar-refractivity contribution in [2.75, 3.05) is 39.3 Å². The summed E-state index contributed by atoms with van der Waals surface area (Å²) in [5.74, 6) is -2.34. The molecular weight excluding hydrogens is 367 g/mol. The zero-order valence-electron chi connectivity index (χ0n) is 15.3. The molecule has 1 fully saturated rings. The number of rotatable bonds is 6. The first-order valence-electron chi connectivity index (χ1n) is 9.08. The molecule has 1 atom stereocenters. The van der Waals surface area contributed by atoms with E-state index < -0.39 is 24.9 Å². The predicted molar refractivity (Wildman–Crippen MR) is 99.7 cm³/mol. The van der Waals surface area contributed by atoms with Crippen LogP contribution in [0.25, 0.3) is 0 Å². The zero-order chi connectivity index (χ0) is 20.3. The molecule has 1 aromatic rings. The van der Waals surface area contributed by atoms with E-state index in [0.717, 1.165) is 0 Å². The topological polar surface area (TPSA) is 145 Å². The van der Waals surface area contributed by atoms with E-state index in [1.54, 1.807) is 12.1 Å². The van der Waals surface area contributed by atoms with E-state index in [4.69, 9.17) is 10.4 Å². The number of para-hydroxylation sites is 1. The monoisotopic (exact) mass is 390 g/mol. The highest BCUT2D eigenvalue weighted by Gasteiger charge is 2.38. The van der Waals surface area contributed by atoms with Crippen molar-refractivity contribution in [3.63, 3.8) is 0 Å². The van der Waals surface area contributed by atoms with Gasteiger partial charge in [-0.25, -0.2) is 4.79 Å². The molecule has 28 heavy (non-hydrogen) atoms. The van der Waals surface area contributed by atoms with Gasteiger partial charge in [-0.1, -0.05) is 12.1 Å². The maximum Gasteiger partial charge on any atom is 0.547 e. The number of carboxylic acids is 1. The van der Waals surface area contributed by atoms with Crippen LogP contribution in [0.4, 0.5) is 0 Å². The minimum Gasteiger partial charge on any atom is -0.534 e. The summed E-state index contributed by atoms with van der Waals surface area (Å²) >= 11 is 0. The van der Waals surface area contributed by atoms with Crippen molar-refractivity contribution < 1.29 is 29.2 Å². The second-order valence-corrected chi connectivity index (χ2v) is 6.87. The van der Waals surface area contributed by atoms with Gasteiger partial charge in [-0.15, -0.1) is 0 Å². The number of nitrogens with zero attached hydrogens (tertiary/aromatic N) is 2. The highest BCUT2D eigenvalue weighted by atomic mass is 16.5. The fourth-order valence-corrected chi connectivity index (χ4v) is 3.44. The standard InChI is InChI=1S/C17H23BN4O6/c19-4-5-21-6-7-22(15(24)10-21)9-14(23)20-13-8-11-2-1-3-12(17(25)26)16(11)28-18(13)27/h1-3,13,27H,4-10,19H2,(H,20,23)(H,25,26)/t13-/m0/s1. The molecule has 2 heterocycles. The van der Waals surface area contributed by atoms with E-state index >= 15 is 0 Å². The van der Waals surface area contributed by atoms with E-state index in [-0.39, 0.29) is 36.7 Å². The highest BCUT2D eigenvalue weighted by molar-refractivity contribution is 6.47. The molecule has 2 amide bonds. The van der Waals surface area contributed by atoms with Crippen molar-refractivity contribution in [1.29, 1.82) is 0 Å². The Labute approximate surface area is 162 Å². The Morgan fingerprint density at radius 1 is 1.36 bits per heavy atom. The van der Waals surface area contributed by atoms with Gasteiger partial charge in [0.1, 0.15) is 5.75 Å². The molecule has 11 heteroatoms. The van der Waals surface area contributed by atoms with Crippen LogP contribution in [0.5, 0.6) is 5.75 Å². The number of aromatic carboxylic acids is 1. The first-order chi connectivity index (χ1) is 13.4. The number of amides is 2. The lowest BCUT2D eigenvalue weighted by atomic mass is 9.72. The summed E-state index contributed by atoms with van der Waals surface area (Å²) in [4.78, 5) is 39.2. The number of hydrogen-bond acceptors (Lipinski definition) is 7. The Balaban J connectivity index is 1.59. The second-order valence-electron chi connectivity index (χ2n) is 6.87. The average Bonchev–Trinajstić information content (AvgIpc) is 2.64. The Bertz CT molecular complexity index is 776. The Kier molecular flexibility index (Phi) is 6.17. The summed E-state index contributed by atoms with van der Waals surface area (Å²) in [7, 11) is -1.38. The van der Waals surface area contributed by atoms with E-state index in [2.05, 4.69) is 5.32 Å². The summed E-state index contributed by atoms with van der Waals surface area (Å²) in [5, 5.41) is 22.1. The molecule has 0 aromatic heterocycles. The van der Waals surface area contributed by atoms with Crippen LogP contribution >= 0.6 is 0 Å². The number of carbonyl (C=O) groups is 3. The van der Waals surface area contributed by atoms with E-state index in [9.17, 15) is 24.5 Å². The van der Waals surface area contributed by atoms with Gasteiger partial charge in [0.05, 0.1) is 24.6 Å². The van der Waals surface area contributed by atoms with Gasteiger partial charge in [0.15, 0.2) is 0 Å². The molecule has 0 saturated carbocycles. The fraction of sp³-hybridized carbons (Fsp3) is 0.471. The average molecular weight is 390 g/mol. The lowest BCUT2D eigenvalue weighted by Crippen LogP contribution is -2.57. The molecule has 0 unspecified atom stereocenters. The van der Waals surface area contributed by atoms with Crippen molar-refractivity contribution >= 4 is 24.9 Å². The molecule has 0 bridgehead atoms. The minimum absolute atomic E-state index is 0.0396. The van der Waals surface area contributed by atoms with Gasteiger partial charge in [0.2, 0.25) is 11.8 Å². The van der Waals surface area contributed by atoms with Gasteiger partial charge < -0.3 is 30.7 Å². The maximum atomic E-state index is 12.4. The zero-order valence-corrected chi connectivity index (χ0v) is 15.3. The van der Waals surface area contributed by atoms with Crippen LogP contribution in [0.3, 0.4) is 0 Å². The molecule has 0 aliphatic carbocycles. The van der Waals surface area contributed by atoms with Crippen LogP contribution in [0.2, 0.25) is 0 Å². The Morgan fingerprint density at radius 2 is 2.14 bits per heavy atom. The third-order valence-electron chi connectivity index (χ3n) is 4.87. The van der Waals surface area contributed by atoms with Crippen LogP contribution in [-0.2, 0) is 16.0 Å². The van der Waals surface area contributed by atoms with Crippen molar-refractivity contribution in [2.24, 2.45) is 5.73 Å². The van der Waals surface area contributed by atoms with E-state index in [0.29, 0.717) is 31.7 Å². The van der Waals surface area contributed by atoms with Gasteiger partial charge in [0.25, 0.3) is 0 Å². The van der Waals surface area contributed by atoms with Crippen molar-refractivity contribution in [3.05, 3.63) is 29.3 Å². The Morgan fingerprint density at radius 3 is 2.82 bits per heavy atom. The van der Waals surface area contributed by atoms with Crippen LogP contribution in [0.15, 0.2) is 18.2 Å².